The quantitative estimate of drug-likeness (QED) is 0.732. The first kappa shape index (κ1) is 21.8. The zero-order valence-corrected chi connectivity index (χ0v) is 19.4. The van der Waals surface area contributed by atoms with Gasteiger partial charge in [0.15, 0.2) is 0 Å². The van der Waals surface area contributed by atoms with Crippen molar-refractivity contribution in [2.45, 2.75) is 43.0 Å². The monoisotopic (exact) mass is 465 g/mol. The van der Waals surface area contributed by atoms with E-state index in [1.165, 1.54) is 23.1 Å². The standard InChI is InChI=1S/C25H27N3O4S/c1-32-19-13-11-18(12-14-19)28-23(30)16-33-25(28)20-9-5-6-10-21(20)27(24(25)31)15-22(29)26-17-7-3-2-4-8-17/h5-6,9-14,17H,2-4,7-8,15-16H2,1H3,(H,26,29)/t25-/m1/s1. The Balaban J connectivity index is 1.48. The summed E-state index contributed by atoms with van der Waals surface area (Å²) in [4.78, 5) is 41.8. The third-order valence-corrected chi connectivity index (χ3v) is 8.05. The van der Waals surface area contributed by atoms with Crippen LogP contribution in [-0.4, -0.2) is 43.2 Å². The maximum Gasteiger partial charge on any atom is 0.269 e. The molecule has 2 fully saturated rings. The molecular weight excluding hydrogens is 438 g/mol. The van der Waals surface area contributed by atoms with E-state index in [1.807, 2.05) is 24.3 Å². The van der Waals surface area contributed by atoms with Crippen molar-refractivity contribution in [3.05, 3.63) is 54.1 Å². The fraction of sp³-hybridized carbons (Fsp3) is 0.400. The number of thioether (sulfide) groups is 1. The molecule has 1 spiro atoms. The van der Waals surface area contributed by atoms with E-state index in [4.69, 9.17) is 4.74 Å². The number of hydrogen-bond donors (Lipinski definition) is 1. The van der Waals surface area contributed by atoms with Crippen LogP contribution in [0.25, 0.3) is 0 Å². The summed E-state index contributed by atoms with van der Waals surface area (Å²) in [5.74, 6) is 0.309. The average Bonchev–Trinajstić information content (AvgIpc) is 3.31. The third kappa shape index (κ3) is 3.66. The smallest absolute Gasteiger partial charge is 0.269 e. The van der Waals surface area contributed by atoms with Gasteiger partial charge in [0.25, 0.3) is 5.91 Å². The van der Waals surface area contributed by atoms with Gasteiger partial charge in [-0.15, -0.1) is 11.8 Å². The Bertz CT molecular complexity index is 1080. The molecule has 33 heavy (non-hydrogen) atoms. The van der Waals surface area contributed by atoms with Crippen LogP contribution in [0.4, 0.5) is 11.4 Å². The van der Waals surface area contributed by atoms with Crippen molar-refractivity contribution in [3.63, 3.8) is 0 Å². The summed E-state index contributed by atoms with van der Waals surface area (Å²) in [6.07, 6.45) is 5.41. The van der Waals surface area contributed by atoms with E-state index in [9.17, 15) is 14.4 Å². The summed E-state index contributed by atoms with van der Waals surface area (Å²) >= 11 is 1.31. The number of methoxy groups -OCH3 is 1. The number of benzene rings is 2. The number of amides is 3. The van der Waals surface area contributed by atoms with Crippen LogP contribution in [0.3, 0.4) is 0 Å². The summed E-state index contributed by atoms with van der Waals surface area (Å²) < 4.78 is 5.25. The largest absolute Gasteiger partial charge is 0.497 e. The molecule has 2 aromatic rings. The molecule has 0 bridgehead atoms. The zero-order valence-electron chi connectivity index (χ0n) is 18.6. The lowest BCUT2D eigenvalue weighted by Crippen LogP contribution is -2.52. The average molecular weight is 466 g/mol. The number of ether oxygens (including phenoxy) is 1. The summed E-state index contributed by atoms with van der Waals surface area (Å²) in [5, 5.41) is 3.11. The molecule has 2 aromatic carbocycles. The molecule has 3 aliphatic rings. The van der Waals surface area contributed by atoms with E-state index < -0.39 is 4.87 Å². The van der Waals surface area contributed by atoms with Crippen LogP contribution >= 0.6 is 11.8 Å². The van der Waals surface area contributed by atoms with Crippen molar-refractivity contribution in [3.8, 4) is 5.75 Å². The molecule has 3 amide bonds. The molecule has 0 radical (unpaired) electrons. The Morgan fingerprint density at radius 1 is 1.09 bits per heavy atom. The highest BCUT2D eigenvalue weighted by Gasteiger charge is 2.61. The van der Waals surface area contributed by atoms with Crippen LogP contribution in [-0.2, 0) is 19.3 Å². The number of nitrogens with one attached hydrogen (secondary N) is 1. The van der Waals surface area contributed by atoms with Crippen molar-refractivity contribution >= 4 is 40.9 Å². The molecule has 5 rings (SSSR count). The molecule has 2 heterocycles. The summed E-state index contributed by atoms with van der Waals surface area (Å²) in [6.45, 7) is -0.0563. The highest BCUT2D eigenvalue weighted by molar-refractivity contribution is 8.02. The fourth-order valence-corrected chi connectivity index (χ4v) is 6.47. The van der Waals surface area contributed by atoms with Crippen LogP contribution in [0.1, 0.15) is 37.7 Å². The van der Waals surface area contributed by atoms with Crippen molar-refractivity contribution < 1.29 is 19.1 Å². The number of carbonyl (C=O) groups is 3. The number of para-hydroxylation sites is 1. The highest BCUT2D eigenvalue weighted by Crippen LogP contribution is 2.55. The molecule has 1 aliphatic carbocycles. The van der Waals surface area contributed by atoms with Crippen LogP contribution < -0.4 is 19.9 Å². The maximum atomic E-state index is 14.0. The zero-order chi connectivity index (χ0) is 23.0. The van der Waals surface area contributed by atoms with Gasteiger partial charge in [0, 0.05) is 17.3 Å². The molecule has 1 atom stereocenters. The van der Waals surface area contributed by atoms with Gasteiger partial charge in [0.05, 0.1) is 18.6 Å². The van der Waals surface area contributed by atoms with Gasteiger partial charge < -0.3 is 10.1 Å². The lowest BCUT2D eigenvalue weighted by molar-refractivity contribution is -0.126. The number of nitrogens with zero attached hydrogens (tertiary/aromatic N) is 2. The van der Waals surface area contributed by atoms with E-state index in [0.29, 0.717) is 17.1 Å². The SMILES string of the molecule is COc1ccc(N2C(=O)CS[C@]23C(=O)N(CC(=O)NC2CCCCC2)c2ccccc23)cc1. The number of carbonyl (C=O) groups excluding carboxylic acids is 3. The van der Waals surface area contributed by atoms with Crippen LogP contribution in [0.15, 0.2) is 48.5 Å². The van der Waals surface area contributed by atoms with Crippen molar-refractivity contribution in [2.24, 2.45) is 0 Å². The lowest BCUT2D eigenvalue weighted by Gasteiger charge is -2.33. The summed E-state index contributed by atoms with van der Waals surface area (Å²) in [5.41, 5.74) is 2.05. The van der Waals surface area contributed by atoms with Gasteiger partial charge in [0.2, 0.25) is 16.7 Å². The van der Waals surface area contributed by atoms with Gasteiger partial charge in [-0.05, 0) is 43.2 Å². The van der Waals surface area contributed by atoms with E-state index >= 15 is 0 Å². The van der Waals surface area contributed by atoms with Crippen LogP contribution in [0.2, 0.25) is 0 Å². The molecule has 7 nitrogen and oxygen atoms in total. The van der Waals surface area contributed by atoms with Gasteiger partial charge in [-0.2, -0.15) is 0 Å². The maximum absolute atomic E-state index is 14.0. The minimum absolute atomic E-state index is 0.0563. The normalized spacial score (nSPS) is 22.7. The number of fused-ring (bicyclic) bond motifs is 2. The lowest BCUT2D eigenvalue weighted by atomic mass is 9.95. The molecule has 1 saturated carbocycles. The molecule has 8 heteroatoms. The second-order valence-corrected chi connectivity index (χ2v) is 9.84. The van der Waals surface area contributed by atoms with E-state index in [1.54, 1.807) is 36.3 Å². The Labute approximate surface area is 197 Å². The predicted molar refractivity (Wildman–Crippen MR) is 128 cm³/mol. The van der Waals surface area contributed by atoms with Crippen molar-refractivity contribution in [1.29, 1.82) is 0 Å². The van der Waals surface area contributed by atoms with Gasteiger partial charge in [0.1, 0.15) is 12.3 Å². The van der Waals surface area contributed by atoms with Crippen LogP contribution in [0.5, 0.6) is 5.75 Å². The minimum atomic E-state index is -1.21. The predicted octanol–water partition coefficient (Wildman–Crippen LogP) is 3.42. The highest BCUT2D eigenvalue weighted by atomic mass is 32.2. The topological polar surface area (TPSA) is 79.0 Å². The molecule has 0 aromatic heterocycles. The second-order valence-electron chi connectivity index (χ2n) is 8.67. The molecular formula is C25H27N3O4S. The van der Waals surface area contributed by atoms with Crippen LogP contribution in [0, 0.1) is 0 Å². The third-order valence-electron chi connectivity index (χ3n) is 6.67. The van der Waals surface area contributed by atoms with Gasteiger partial charge in [-0.3, -0.25) is 24.2 Å². The second kappa shape index (κ2) is 8.74. The van der Waals surface area contributed by atoms with Gasteiger partial charge in [-0.25, -0.2) is 0 Å². The van der Waals surface area contributed by atoms with E-state index in [2.05, 4.69) is 5.32 Å². The molecule has 0 unspecified atom stereocenters. The first-order valence-corrected chi connectivity index (χ1v) is 12.3. The van der Waals surface area contributed by atoms with Gasteiger partial charge >= 0.3 is 0 Å². The number of rotatable bonds is 5. The summed E-state index contributed by atoms with van der Waals surface area (Å²) in [6, 6.07) is 14.8. The first-order chi connectivity index (χ1) is 16.0. The molecule has 1 saturated heterocycles. The molecule has 1 N–H and O–H groups in total. The Hall–Kier alpha value is -3.00. The minimum Gasteiger partial charge on any atom is -0.497 e. The first-order valence-electron chi connectivity index (χ1n) is 11.4. The van der Waals surface area contributed by atoms with Crippen molar-refractivity contribution in [1.82, 2.24) is 5.32 Å². The summed E-state index contributed by atoms with van der Waals surface area (Å²) in [7, 11) is 1.58. The van der Waals surface area contributed by atoms with Crippen molar-refractivity contribution in [2.75, 3.05) is 29.2 Å². The fourth-order valence-electron chi connectivity index (χ4n) is 5.11. The number of hydrogen-bond acceptors (Lipinski definition) is 5. The Morgan fingerprint density at radius 2 is 1.82 bits per heavy atom. The van der Waals surface area contributed by atoms with Gasteiger partial charge in [-0.1, -0.05) is 37.5 Å². The molecule has 172 valence electrons. The number of anilines is 2. The van der Waals surface area contributed by atoms with E-state index in [-0.39, 0.29) is 36.1 Å². The van der Waals surface area contributed by atoms with E-state index in [0.717, 1.165) is 31.2 Å². The molecule has 2 aliphatic heterocycles. The Kier molecular flexibility index (Phi) is 5.78. The Morgan fingerprint density at radius 3 is 2.55 bits per heavy atom.